The highest BCUT2D eigenvalue weighted by molar-refractivity contribution is 9.10. The van der Waals surface area contributed by atoms with Crippen molar-refractivity contribution in [3.05, 3.63) is 58.1 Å². The van der Waals surface area contributed by atoms with Gasteiger partial charge in [0.15, 0.2) is 11.5 Å². The Balaban J connectivity index is 2.01. The van der Waals surface area contributed by atoms with Crippen molar-refractivity contribution in [2.75, 3.05) is 14.2 Å². The zero-order chi connectivity index (χ0) is 14.4. The van der Waals surface area contributed by atoms with E-state index in [-0.39, 0.29) is 0 Å². The fourth-order valence-corrected chi connectivity index (χ4v) is 2.53. The monoisotopic (exact) mass is 335 g/mol. The van der Waals surface area contributed by atoms with Gasteiger partial charge in [0, 0.05) is 23.1 Å². The number of halogens is 1. The molecule has 0 aliphatic rings. The van der Waals surface area contributed by atoms with Crippen LogP contribution in [-0.2, 0) is 13.1 Å². The van der Waals surface area contributed by atoms with Crippen molar-refractivity contribution in [1.82, 2.24) is 5.32 Å². The van der Waals surface area contributed by atoms with E-state index in [1.165, 1.54) is 5.56 Å². The van der Waals surface area contributed by atoms with Gasteiger partial charge in [-0.25, -0.2) is 0 Å². The van der Waals surface area contributed by atoms with Gasteiger partial charge in [0.05, 0.1) is 14.2 Å². The Hall–Kier alpha value is -1.52. The Morgan fingerprint density at radius 1 is 1.00 bits per heavy atom. The lowest BCUT2D eigenvalue weighted by molar-refractivity contribution is 0.350. The number of nitrogens with one attached hydrogen (secondary N) is 1. The maximum atomic E-state index is 5.42. The van der Waals surface area contributed by atoms with E-state index in [0.29, 0.717) is 0 Å². The highest BCUT2D eigenvalue weighted by Crippen LogP contribution is 2.30. The first-order chi connectivity index (χ1) is 9.74. The molecule has 2 rings (SSSR count). The Labute approximate surface area is 128 Å². The van der Waals surface area contributed by atoms with Crippen LogP contribution in [0.5, 0.6) is 11.5 Å². The average molecular weight is 336 g/mol. The van der Waals surface area contributed by atoms with Gasteiger partial charge in [0.1, 0.15) is 0 Å². The standard InChI is InChI=1S/C16H18BrNO2/c1-19-15-8-4-6-13(16(15)20-2)11-18-10-12-5-3-7-14(17)9-12/h3-9,18H,10-11H2,1-2H3. The summed E-state index contributed by atoms with van der Waals surface area (Å²) in [5.74, 6) is 1.55. The Morgan fingerprint density at radius 3 is 2.50 bits per heavy atom. The summed E-state index contributed by atoms with van der Waals surface area (Å²) >= 11 is 3.48. The highest BCUT2D eigenvalue weighted by atomic mass is 79.9. The number of rotatable bonds is 6. The SMILES string of the molecule is COc1cccc(CNCc2cccc(Br)c2)c1OC. The second-order valence-electron chi connectivity index (χ2n) is 4.39. The molecule has 0 atom stereocenters. The summed E-state index contributed by atoms with van der Waals surface area (Å²) in [5.41, 5.74) is 2.32. The molecule has 0 aliphatic carbocycles. The average Bonchev–Trinajstić information content (AvgIpc) is 2.47. The van der Waals surface area contributed by atoms with Crippen molar-refractivity contribution in [2.45, 2.75) is 13.1 Å². The van der Waals surface area contributed by atoms with Crippen molar-refractivity contribution in [3.8, 4) is 11.5 Å². The lowest BCUT2D eigenvalue weighted by Crippen LogP contribution is -2.13. The number of para-hydroxylation sites is 1. The van der Waals surface area contributed by atoms with Gasteiger partial charge in [-0.05, 0) is 23.8 Å². The van der Waals surface area contributed by atoms with Gasteiger partial charge >= 0.3 is 0 Å². The van der Waals surface area contributed by atoms with Crippen LogP contribution in [0.4, 0.5) is 0 Å². The molecule has 0 saturated heterocycles. The summed E-state index contributed by atoms with van der Waals surface area (Å²) in [5, 5.41) is 3.41. The zero-order valence-corrected chi connectivity index (χ0v) is 13.2. The molecule has 0 spiro atoms. The third-order valence-electron chi connectivity index (χ3n) is 3.02. The first-order valence-electron chi connectivity index (χ1n) is 6.39. The maximum Gasteiger partial charge on any atom is 0.165 e. The molecule has 4 heteroatoms. The van der Waals surface area contributed by atoms with E-state index in [1.807, 2.05) is 30.3 Å². The third-order valence-corrected chi connectivity index (χ3v) is 3.51. The molecule has 2 aromatic rings. The molecular weight excluding hydrogens is 318 g/mol. The Kier molecular flexibility index (Phi) is 5.44. The van der Waals surface area contributed by atoms with E-state index in [0.717, 1.165) is 34.6 Å². The summed E-state index contributed by atoms with van der Waals surface area (Å²) in [7, 11) is 3.31. The van der Waals surface area contributed by atoms with Crippen molar-refractivity contribution in [2.24, 2.45) is 0 Å². The van der Waals surface area contributed by atoms with E-state index in [9.17, 15) is 0 Å². The van der Waals surface area contributed by atoms with Crippen LogP contribution in [0.2, 0.25) is 0 Å². The molecule has 3 nitrogen and oxygen atoms in total. The van der Waals surface area contributed by atoms with Gasteiger partial charge in [0.25, 0.3) is 0 Å². The highest BCUT2D eigenvalue weighted by Gasteiger charge is 2.08. The van der Waals surface area contributed by atoms with E-state index in [4.69, 9.17) is 9.47 Å². The lowest BCUT2D eigenvalue weighted by Gasteiger charge is -2.13. The van der Waals surface area contributed by atoms with Crippen LogP contribution in [0.1, 0.15) is 11.1 Å². The van der Waals surface area contributed by atoms with Gasteiger partial charge in [-0.15, -0.1) is 0 Å². The lowest BCUT2D eigenvalue weighted by atomic mass is 10.1. The third kappa shape index (κ3) is 3.74. The van der Waals surface area contributed by atoms with Gasteiger partial charge in [-0.1, -0.05) is 40.2 Å². The molecule has 0 unspecified atom stereocenters. The quantitative estimate of drug-likeness (QED) is 0.871. The molecule has 0 aliphatic heterocycles. The fraction of sp³-hybridized carbons (Fsp3) is 0.250. The molecule has 0 saturated carbocycles. The first kappa shape index (κ1) is 14.9. The molecule has 1 N–H and O–H groups in total. The molecule has 0 bridgehead atoms. The molecule has 106 valence electrons. The zero-order valence-electron chi connectivity index (χ0n) is 11.7. The maximum absolute atomic E-state index is 5.42. The number of methoxy groups -OCH3 is 2. The Morgan fingerprint density at radius 2 is 1.80 bits per heavy atom. The normalized spacial score (nSPS) is 10.3. The molecule has 20 heavy (non-hydrogen) atoms. The minimum Gasteiger partial charge on any atom is -0.493 e. The summed E-state index contributed by atoms with van der Waals surface area (Å²) < 4.78 is 11.8. The smallest absolute Gasteiger partial charge is 0.165 e. The predicted molar refractivity (Wildman–Crippen MR) is 84.2 cm³/mol. The minimum atomic E-state index is 0.729. The van der Waals surface area contributed by atoms with Gasteiger partial charge in [0.2, 0.25) is 0 Å². The number of ether oxygens (including phenoxy) is 2. The topological polar surface area (TPSA) is 30.5 Å². The van der Waals surface area contributed by atoms with E-state index < -0.39 is 0 Å². The van der Waals surface area contributed by atoms with E-state index in [1.54, 1.807) is 14.2 Å². The van der Waals surface area contributed by atoms with Crippen LogP contribution in [-0.4, -0.2) is 14.2 Å². The van der Waals surface area contributed by atoms with Crippen LogP contribution in [0.15, 0.2) is 46.9 Å². The minimum absolute atomic E-state index is 0.729. The van der Waals surface area contributed by atoms with Crippen LogP contribution in [0, 0.1) is 0 Å². The summed E-state index contributed by atoms with van der Waals surface area (Å²) in [4.78, 5) is 0. The van der Waals surface area contributed by atoms with Crippen molar-refractivity contribution >= 4 is 15.9 Å². The van der Waals surface area contributed by atoms with Crippen molar-refractivity contribution < 1.29 is 9.47 Å². The fourth-order valence-electron chi connectivity index (χ4n) is 2.08. The van der Waals surface area contributed by atoms with E-state index >= 15 is 0 Å². The van der Waals surface area contributed by atoms with Gasteiger partial charge in [-0.2, -0.15) is 0 Å². The predicted octanol–water partition coefficient (Wildman–Crippen LogP) is 3.76. The number of hydrogen-bond donors (Lipinski definition) is 1. The molecule has 2 aromatic carbocycles. The van der Waals surface area contributed by atoms with Crippen LogP contribution in [0.3, 0.4) is 0 Å². The molecule has 0 radical (unpaired) electrons. The molecule has 0 fully saturated rings. The van der Waals surface area contributed by atoms with Crippen molar-refractivity contribution in [1.29, 1.82) is 0 Å². The van der Waals surface area contributed by atoms with Gasteiger partial charge < -0.3 is 14.8 Å². The second kappa shape index (κ2) is 7.31. The Bertz CT molecular complexity index is 572. The number of benzene rings is 2. The molecule has 0 heterocycles. The van der Waals surface area contributed by atoms with Crippen LogP contribution >= 0.6 is 15.9 Å². The molecule has 0 aromatic heterocycles. The molecular formula is C16H18BrNO2. The second-order valence-corrected chi connectivity index (χ2v) is 5.30. The number of hydrogen-bond acceptors (Lipinski definition) is 3. The van der Waals surface area contributed by atoms with Crippen molar-refractivity contribution in [3.63, 3.8) is 0 Å². The largest absolute Gasteiger partial charge is 0.493 e. The van der Waals surface area contributed by atoms with Crippen LogP contribution in [0.25, 0.3) is 0 Å². The van der Waals surface area contributed by atoms with E-state index in [2.05, 4.69) is 33.4 Å². The molecule has 0 amide bonds. The summed E-state index contributed by atoms with van der Waals surface area (Å²) in [6.07, 6.45) is 0. The van der Waals surface area contributed by atoms with Gasteiger partial charge in [-0.3, -0.25) is 0 Å². The first-order valence-corrected chi connectivity index (χ1v) is 7.19. The summed E-state index contributed by atoms with van der Waals surface area (Å²) in [6.45, 7) is 1.53. The van der Waals surface area contributed by atoms with Crippen LogP contribution < -0.4 is 14.8 Å². The summed E-state index contributed by atoms with van der Waals surface area (Å²) in [6, 6.07) is 14.2.